The topological polar surface area (TPSA) is 49.4 Å². The summed E-state index contributed by atoms with van der Waals surface area (Å²) in [6.45, 7) is 5.52. The van der Waals surface area contributed by atoms with E-state index in [0.717, 1.165) is 47.7 Å². The first kappa shape index (κ1) is 15.5. The Kier molecular flexibility index (Phi) is 3.73. The second-order valence-corrected chi connectivity index (χ2v) is 7.76. The van der Waals surface area contributed by atoms with Gasteiger partial charge in [0.05, 0.1) is 17.4 Å². The summed E-state index contributed by atoms with van der Waals surface area (Å²) in [7, 11) is 0. The first-order valence-corrected chi connectivity index (χ1v) is 9.19. The molecule has 2 aromatic rings. The Morgan fingerprint density at radius 2 is 2.17 bits per heavy atom. The van der Waals surface area contributed by atoms with Gasteiger partial charge < -0.3 is 14.1 Å². The summed E-state index contributed by atoms with van der Waals surface area (Å²) in [4.78, 5) is 3.58. The average Bonchev–Trinajstić information content (AvgIpc) is 3.13. The third kappa shape index (κ3) is 2.87. The van der Waals surface area contributed by atoms with Crippen LogP contribution in [0.1, 0.15) is 25.5 Å². The quantitative estimate of drug-likeness (QED) is 0.792. The zero-order valence-electron chi connectivity index (χ0n) is 14.0. The molecule has 124 valence electrons. The van der Waals surface area contributed by atoms with Gasteiger partial charge in [0, 0.05) is 22.5 Å². The third-order valence-electron chi connectivity index (χ3n) is 4.84. The minimum Gasteiger partial charge on any atom is -0.488 e. The normalized spacial score (nSPS) is 19.0. The summed E-state index contributed by atoms with van der Waals surface area (Å²) in [5, 5.41) is 10.3. The highest BCUT2D eigenvalue weighted by atomic mass is 32.2. The molecule has 0 spiro atoms. The standard InChI is InChI=1S/C19H20N2O2S/c1-13-7-15-8-16(3-4-17(15)23-13)22-9-18-14(2)21(12-24-18)11-19(10-20)5-6-19/h3-4,7-8H,5-6,9,11-12H2,1-2H3. The Morgan fingerprint density at radius 3 is 2.92 bits per heavy atom. The second kappa shape index (κ2) is 5.78. The second-order valence-electron chi connectivity index (χ2n) is 6.72. The zero-order valence-corrected chi connectivity index (χ0v) is 14.8. The van der Waals surface area contributed by atoms with E-state index in [1.165, 1.54) is 10.6 Å². The smallest absolute Gasteiger partial charge is 0.134 e. The number of furan rings is 1. The molecule has 5 heteroatoms. The van der Waals surface area contributed by atoms with Crippen molar-refractivity contribution >= 4 is 22.7 Å². The van der Waals surface area contributed by atoms with Crippen molar-refractivity contribution in [2.75, 3.05) is 19.0 Å². The Hall–Kier alpha value is -2.06. The molecule has 0 N–H and O–H groups in total. The van der Waals surface area contributed by atoms with Gasteiger partial charge in [-0.1, -0.05) is 0 Å². The Labute approximate surface area is 146 Å². The number of benzene rings is 1. The van der Waals surface area contributed by atoms with Crippen LogP contribution in [0, 0.1) is 23.7 Å². The van der Waals surface area contributed by atoms with Crippen molar-refractivity contribution in [2.45, 2.75) is 26.7 Å². The minimum absolute atomic E-state index is 0.0949. The summed E-state index contributed by atoms with van der Waals surface area (Å²) in [6.07, 6.45) is 2.07. The van der Waals surface area contributed by atoms with Crippen LogP contribution in [-0.4, -0.2) is 23.9 Å². The predicted octanol–water partition coefficient (Wildman–Crippen LogP) is 4.66. The van der Waals surface area contributed by atoms with E-state index in [1.54, 1.807) is 0 Å². The molecule has 4 rings (SSSR count). The first-order chi connectivity index (χ1) is 11.6. The third-order valence-corrected chi connectivity index (χ3v) is 6.04. The van der Waals surface area contributed by atoms with Crippen LogP contribution in [0.15, 0.2) is 39.3 Å². The molecule has 1 fully saturated rings. The molecule has 1 aromatic heterocycles. The molecule has 0 radical (unpaired) electrons. The summed E-state index contributed by atoms with van der Waals surface area (Å²) in [5.41, 5.74) is 2.05. The lowest BCUT2D eigenvalue weighted by atomic mass is 10.1. The van der Waals surface area contributed by atoms with Gasteiger partial charge in [0.25, 0.3) is 0 Å². The zero-order chi connectivity index (χ0) is 16.7. The number of allylic oxidation sites excluding steroid dienone is 1. The van der Waals surface area contributed by atoms with E-state index in [2.05, 4.69) is 17.9 Å². The number of hydrogen-bond donors (Lipinski definition) is 0. The fraction of sp³-hybridized carbons (Fsp3) is 0.421. The molecular formula is C19H20N2O2S. The molecule has 0 amide bonds. The summed E-state index contributed by atoms with van der Waals surface area (Å²) < 4.78 is 11.6. The lowest BCUT2D eigenvalue weighted by Crippen LogP contribution is -2.25. The minimum atomic E-state index is -0.0949. The van der Waals surface area contributed by atoms with Crippen molar-refractivity contribution in [1.82, 2.24) is 4.90 Å². The van der Waals surface area contributed by atoms with Gasteiger partial charge >= 0.3 is 0 Å². The maximum absolute atomic E-state index is 9.28. The van der Waals surface area contributed by atoms with Gasteiger partial charge in [-0.05, 0) is 51.0 Å². The Bertz CT molecular complexity index is 858. The van der Waals surface area contributed by atoms with Gasteiger partial charge in [-0.15, -0.1) is 11.8 Å². The Balaban J connectivity index is 1.42. The highest BCUT2D eigenvalue weighted by molar-refractivity contribution is 8.03. The van der Waals surface area contributed by atoms with Crippen LogP contribution in [0.25, 0.3) is 11.0 Å². The van der Waals surface area contributed by atoms with Crippen LogP contribution in [0.5, 0.6) is 5.75 Å². The number of nitrogens with zero attached hydrogens (tertiary/aromatic N) is 2. The van der Waals surface area contributed by atoms with Crippen molar-refractivity contribution in [1.29, 1.82) is 5.26 Å². The van der Waals surface area contributed by atoms with Crippen LogP contribution >= 0.6 is 11.8 Å². The summed E-state index contributed by atoms with van der Waals surface area (Å²) in [6, 6.07) is 10.4. The number of fused-ring (bicyclic) bond motifs is 1. The van der Waals surface area contributed by atoms with E-state index in [9.17, 15) is 5.26 Å². The molecule has 1 aliphatic carbocycles. The molecular weight excluding hydrogens is 320 g/mol. The Morgan fingerprint density at radius 1 is 1.33 bits per heavy atom. The number of hydrogen-bond acceptors (Lipinski definition) is 5. The maximum atomic E-state index is 9.28. The molecule has 4 nitrogen and oxygen atoms in total. The number of thioether (sulfide) groups is 1. The van der Waals surface area contributed by atoms with E-state index in [-0.39, 0.29) is 5.41 Å². The number of rotatable bonds is 5. The van der Waals surface area contributed by atoms with Gasteiger partial charge in [0.2, 0.25) is 0 Å². The molecule has 0 saturated heterocycles. The maximum Gasteiger partial charge on any atom is 0.134 e. The fourth-order valence-corrected chi connectivity index (χ4v) is 4.14. The van der Waals surface area contributed by atoms with Crippen molar-refractivity contribution in [3.05, 3.63) is 40.6 Å². The van der Waals surface area contributed by atoms with Crippen molar-refractivity contribution < 1.29 is 9.15 Å². The lowest BCUT2D eigenvalue weighted by Gasteiger charge is -2.21. The predicted molar refractivity (Wildman–Crippen MR) is 95.6 cm³/mol. The molecule has 0 unspecified atom stereocenters. The highest BCUT2D eigenvalue weighted by Gasteiger charge is 2.45. The van der Waals surface area contributed by atoms with E-state index in [0.29, 0.717) is 6.61 Å². The molecule has 2 aliphatic rings. The number of ether oxygens (including phenoxy) is 1. The van der Waals surface area contributed by atoms with E-state index >= 15 is 0 Å². The van der Waals surface area contributed by atoms with Crippen LogP contribution in [0.3, 0.4) is 0 Å². The van der Waals surface area contributed by atoms with Crippen molar-refractivity contribution in [3.63, 3.8) is 0 Å². The number of aryl methyl sites for hydroxylation is 1. The molecule has 0 atom stereocenters. The van der Waals surface area contributed by atoms with Crippen LogP contribution in [0.4, 0.5) is 0 Å². The van der Waals surface area contributed by atoms with Crippen molar-refractivity contribution in [3.8, 4) is 11.8 Å². The van der Waals surface area contributed by atoms with Crippen LogP contribution in [0.2, 0.25) is 0 Å². The van der Waals surface area contributed by atoms with Gasteiger partial charge in [-0.25, -0.2) is 0 Å². The van der Waals surface area contributed by atoms with Gasteiger partial charge in [0.1, 0.15) is 23.7 Å². The van der Waals surface area contributed by atoms with Crippen molar-refractivity contribution in [2.24, 2.45) is 5.41 Å². The molecule has 2 heterocycles. The summed E-state index contributed by atoms with van der Waals surface area (Å²) in [5.74, 6) is 2.70. The number of nitriles is 1. The average molecular weight is 340 g/mol. The van der Waals surface area contributed by atoms with Gasteiger partial charge in [-0.3, -0.25) is 0 Å². The molecule has 0 bridgehead atoms. The first-order valence-electron chi connectivity index (χ1n) is 8.20. The molecule has 1 aliphatic heterocycles. The molecule has 1 aromatic carbocycles. The molecule has 1 saturated carbocycles. The fourth-order valence-electron chi connectivity index (χ4n) is 3.06. The van der Waals surface area contributed by atoms with Crippen LogP contribution < -0.4 is 4.74 Å². The van der Waals surface area contributed by atoms with Gasteiger partial charge in [-0.2, -0.15) is 5.26 Å². The lowest BCUT2D eigenvalue weighted by molar-refractivity contribution is 0.337. The van der Waals surface area contributed by atoms with E-state index < -0.39 is 0 Å². The van der Waals surface area contributed by atoms with Crippen LogP contribution in [-0.2, 0) is 0 Å². The van der Waals surface area contributed by atoms with Gasteiger partial charge in [0.15, 0.2) is 0 Å². The van der Waals surface area contributed by atoms with E-state index in [1.807, 2.05) is 43.0 Å². The largest absolute Gasteiger partial charge is 0.488 e. The SMILES string of the molecule is CC1=C(COc2ccc3oc(C)cc3c2)SCN1CC1(C#N)CC1. The monoisotopic (exact) mass is 340 g/mol. The summed E-state index contributed by atoms with van der Waals surface area (Å²) >= 11 is 1.82. The molecule has 24 heavy (non-hydrogen) atoms. The van der Waals surface area contributed by atoms with E-state index in [4.69, 9.17) is 9.15 Å². The highest BCUT2D eigenvalue weighted by Crippen LogP contribution is 2.47.